The van der Waals surface area contributed by atoms with Crippen molar-refractivity contribution in [2.24, 2.45) is 0 Å². The fraction of sp³-hybridized carbons (Fsp3) is 0.0353. The predicted octanol–water partition coefficient (Wildman–Crippen LogP) is 24.2. The summed E-state index contributed by atoms with van der Waals surface area (Å²) in [6, 6.07) is 108. The number of fused-ring (bicyclic) bond motifs is 18. The van der Waals surface area contributed by atoms with Crippen LogP contribution >= 0.6 is 22.7 Å². The lowest BCUT2D eigenvalue weighted by Gasteiger charge is -2.26. The summed E-state index contributed by atoms with van der Waals surface area (Å²) in [6.45, 7) is 4.74. The van der Waals surface area contributed by atoms with Gasteiger partial charge in [-0.1, -0.05) is 202 Å². The van der Waals surface area contributed by atoms with Crippen LogP contribution in [0, 0.1) is 0 Å². The molecule has 0 aliphatic heterocycles. The second-order valence-corrected chi connectivity index (χ2v) is 27.0. The molecular weight excluding hydrogens is 1140 g/mol. The van der Waals surface area contributed by atoms with Gasteiger partial charge >= 0.3 is 0 Å². The lowest BCUT2D eigenvalue weighted by Crippen LogP contribution is -2.15. The Bertz CT molecular complexity index is 5880. The molecule has 0 unspecified atom stereocenters. The monoisotopic (exact) mass is 1190 g/mol. The van der Waals surface area contributed by atoms with Crippen LogP contribution in [0.3, 0.4) is 0 Å². The third kappa shape index (κ3) is 8.13. The molecule has 18 aromatic rings. The van der Waals surface area contributed by atoms with Crippen LogP contribution in [0.25, 0.3) is 156 Å². The van der Waals surface area contributed by atoms with Crippen LogP contribution < -0.4 is 4.90 Å². The fourth-order valence-electron chi connectivity index (χ4n) is 14.9. The third-order valence-electron chi connectivity index (χ3n) is 19.4. The molecule has 91 heavy (non-hydrogen) atoms. The molecule has 0 radical (unpaired) electrons. The molecule has 4 nitrogen and oxygen atoms in total. The van der Waals surface area contributed by atoms with Gasteiger partial charge < -0.3 is 4.90 Å². The van der Waals surface area contributed by atoms with Crippen molar-refractivity contribution < 1.29 is 0 Å². The SMILES string of the molecule is CC1(C)c2ccccc2-c2cc3c4cc(-c5ccc(N(c6ccc(-c7ccccc7)cc6)c6ccc7c8ccccc8c8ccccc8c7c6)cc5)ccc4n(-c4nc(-c5ccc6sc7ccccc7c6c5)cc(-c5ccc6sc7ccccc7c6c5)n4)c3cc21. The summed E-state index contributed by atoms with van der Waals surface area (Å²) in [6.07, 6.45) is 0. The zero-order valence-electron chi connectivity index (χ0n) is 49.8. The van der Waals surface area contributed by atoms with E-state index in [1.165, 1.54) is 106 Å². The highest BCUT2D eigenvalue weighted by atomic mass is 32.1. The van der Waals surface area contributed by atoms with Crippen LogP contribution in [0.4, 0.5) is 17.1 Å². The van der Waals surface area contributed by atoms with Crippen molar-refractivity contribution in [1.82, 2.24) is 14.5 Å². The van der Waals surface area contributed by atoms with Gasteiger partial charge in [-0.2, -0.15) is 0 Å². The van der Waals surface area contributed by atoms with Crippen LogP contribution in [0.5, 0.6) is 0 Å². The maximum Gasteiger partial charge on any atom is 0.235 e. The van der Waals surface area contributed by atoms with Crippen molar-refractivity contribution >= 4 is 134 Å². The Balaban J connectivity index is 0.792. The van der Waals surface area contributed by atoms with Gasteiger partial charge in [0.25, 0.3) is 0 Å². The first-order valence-corrected chi connectivity index (χ1v) is 32.8. The molecule has 0 atom stereocenters. The number of rotatable bonds is 8. The highest BCUT2D eigenvalue weighted by Gasteiger charge is 2.36. The number of hydrogen-bond acceptors (Lipinski definition) is 5. The summed E-state index contributed by atoms with van der Waals surface area (Å²) in [5.41, 5.74) is 18.8. The van der Waals surface area contributed by atoms with Gasteiger partial charge in [0.2, 0.25) is 5.95 Å². The average Bonchev–Trinajstić information content (AvgIpc) is 1.68. The number of benzene rings is 14. The van der Waals surface area contributed by atoms with E-state index < -0.39 is 0 Å². The van der Waals surface area contributed by atoms with Gasteiger partial charge in [0.15, 0.2) is 0 Å². The third-order valence-corrected chi connectivity index (χ3v) is 21.7. The van der Waals surface area contributed by atoms with Crippen molar-refractivity contribution in [2.45, 2.75) is 19.3 Å². The number of thiophene rings is 2. The van der Waals surface area contributed by atoms with Gasteiger partial charge in [-0.05, 0) is 180 Å². The molecule has 4 aromatic heterocycles. The van der Waals surface area contributed by atoms with E-state index in [0.717, 1.165) is 72.5 Å². The Morgan fingerprint density at radius 2 is 0.736 bits per heavy atom. The second-order valence-electron chi connectivity index (χ2n) is 24.8. The molecule has 0 spiro atoms. The first kappa shape index (κ1) is 52.0. The van der Waals surface area contributed by atoms with Crippen molar-refractivity contribution in [1.29, 1.82) is 0 Å². The van der Waals surface area contributed by atoms with Gasteiger partial charge in [-0.15, -0.1) is 22.7 Å². The van der Waals surface area contributed by atoms with Crippen molar-refractivity contribution in [3.05, 3.63) is 302 Å². The van der Waals surface area contributed by atoms with Gasteiger partial charge in [-0.25, -0.2) is 9.97 Å². The van der Waals surface area contributed by atoms with E-state index in [1.807, 2.05) is 22.7 Å². The molecule has 0 bridgehead atoms. The minimum atomic E-state index is -0.230. The number of hydrogen-bond donors (Lipinski definition) is 0. The molecule has 426 valence electrons. The van der Waals surface area contributed by atoms with Gasteiger partial charge in [-0.3, -0.25) is 4.57 Å². The maximum atomic E-state index is 5.69. The summed E-state index contributed by atoms with van der Waals surface area (Å²) in [5, 5.41) is 14.8. The van der Waals surface area contributed by atoms with Crippen LogP contribution in [0.15, 0.2) is 291 Å². The molecule has 1 aliphatic carbocycles. The normalized spacial score (nSPS) is 12.8. The second kappa shape index (κ2) is 20.0. The van der Waals surface area contributed by atoms with Crippen molar-refractivity contribution in [3.8, 4) is 61.8 Å². The van der Waals surface area contributed by atoms with Gasteiger partial charge in [0.05, 0.1) is 22.4 Å². The fourth-order valence-corrected chi connectivity index (χ4v) is 17.1. The lowest BCUT2D eigenvalue weighted by atomic mass is 9.82. The molecule has 1 aliphatic rings. The van der Waals surface area contributed by atoms with E-state index in [2.05, 4.69) is 315 Å². The topological polar surface area (TPSA) is 34.0 Å². The van der Waals surface area contributed by atoms with Crippen molar-refractivity contribution in [3.63, 3.8) is 0 Å². The molecule has 0 saturated heterocycles. The molecule has 6 heteroatoms. The highest BCUT2D eigenvalue weighted by Crippen LogP contribution is 2.52. The van der Waals surface area contributed by atoms with E-state index in [4.69, 9.17) is 9.97 Å². The van der Waals surface area contributed by atoms with E-state index in [9.17, 15) is 0 Å². The van der Waals surface area contributed by atoms with E-state index in [0.29, 0.717) is 5.95 Å². The maximum absolute atomic E-state index is 5.69. The summed E-state index contributed by atoms with van der Waals surface area (Å²) in [7, 11) is 0. The molecule has 0 saturated carbocycles. The molecule has 0 N–H and O–H groups in total. The number of aromatic nitrogens is 3. The Morgan fingerprint density at radius 1 is 0.286 bits per heavy atom. The van der Waals surface area contributed by atoms with E-state index in [-0.39, 0.29) is 5.41 Å². The Labute approximate surface area is 533 Å². The van der Waals surface area contributed by atoms with Crippen LogP contribution in [0.1, 0.15) is 25.0 Å². The van der Waals surface area contributed by atoms with Crippen LogP contribution in [-0.2, 0) is 5.41 Å². The van der Waals surface area contributed by atoms with E-state index in [1.54, 1.807) is 0 Å². The largest absolute Gasteiger partial charge is 0.310 e. The smallest absolute Gasteiger partial charge is 0.235 e. The Hall–Kier alpha value is -11.0. The standard InChI is InChI=1S/C85H54N4S2/c1-85(2)74-25-13-10-22-65(74)69-48-71-70-44-54(53-30-37-58(38-31-53)88(57-35-28-52(29-36-57)51-16-4-3-5-17-51)59-39-40-64-62-20-7-6-18-60(62)61-19-8-9-21-63(61)68(64)47-59)32-41-78(70)89(79(71)49-75(69)85)84-86-76(55-33-42-82-72(45-55)66-23-11-14-26-80(66)90-82)50-77(87-84)56-34-43-83-73(46-56)67-24-12-15-27-81(67)91-83/h3-50H,1-2H3. The van der Waals surface area contributed by atoms with E-state index >= 15 is 0 Å². The molecular formula is C85H54N4S2. The first-order valence-electron chi connectivity index (χ1n) is 31.2. The van der Waals surface area contributed by atoms with Crippen LogP contribution in [-0.4, -0.2) is 14.5 Å². The number of anilines is 3. The lowest BCUT2D eigenvalue weighted by molar-refractivity contribution is 0.661. The minimum Gasteiger partial charge on any atom is -0.310 e. The predicted molar refractivity (Wildman–Crippen MR) is 389 cm³/mol. The molecule has 14 aromatic carbocycles. The number of nitrogens with zero attached hydrogens (tertiary/aromatic N) is 4. The summed E-state index contributed by atoms with van der Waals surface area (Å²) in [4.78, 5) is 13.8. The zero-order valence-corrected chi connectivity index (χ0v) is 51.5. The summed E-state index contributed by atoms with van der Waals surface area (Å²) < 4.78 is 7.43. The zero-order chi connectivity index (χ0) is 60.1. The molecule has 19 rings (SSSR count). The Morgan fingerprint density at radius 3 is 1.35 bits per heavy atom. The summed E-state index contributed by atoms with van der Waals surface area (Å²) in [5.74, 6) is 0.634. The minimum absolute atomic E-state index is 0.230. The van der Waals surface area contributed by atoms with Gasteiger partial charge in [0.1, 0.15) is 0 Å². The molecule has 0 fully saturated rings. The molecule has 4 heterocycles. The highest BCUT2D eigenvalue weighted by molar-refractivity contribution is 7.26. The van der Waals surface area contributed by atoms with Gasteiger partial charge in [0, 0.05) is 84.7 Å². The van der Waals surface area contributed by atoms with Crippen LogP contribution in [0.2, 0.25) is 0 Å². The first-order chi connectivity index (χ1) is 44.8. The quantitative estimate of drug-likeness (QED) is 0.142. The molecule has 0 amide bonds. The summed E-state index contributed by atoms with van der Waals surface area (Å²) >= 11 is 3.68. The van der Waals surface area contributed by atoms with Crippen molar-refractivity contribution in [2.75, 3.05) is 4.90 Å². The Kier molecular flexibility index (Phi) is 11.4. The average molecular weight is 1200 g/mol.